The standard InChI is InChI=1S/C13H18FN3O2/c1-8-6-16-11(7-15-8)13(18)17-9-3-4-10(14)12(5-9)19-2/h3-5,8,11,15-16H,6-7H2,1-2H3,(H,17,18). The van der Waals surface area contributed by atoms with Crippen molar-refractivity contribution in [2.75, 3.05) is 25.5 Å². The van der Waals surface area contributed by atoms with Crippen molar-refractivity contribution in [1.29, 1.82) is 0 Å². The summed E-state index contributed by atoms with van der Waals surface area (Å²) in [5.74, 6) is -0.485. The van der Waals surface area contributed by atoms with E-state index in [1.807, 2.05) is 6.92 Å². The fourth-order valence-corrected chi connectivity index (χ4v) is 1.93. The van der Waals surface area contributed by atoms with Crippen LogP contribution in [0.4, 0.5) is 10.1 Å². The van der Waals surface area contributed by atoms with E-state index in [1.54, 1.807) is 0 Å². The minimum Gasteiger partial charge on any atom is -0.494 e. The van der Waals surface area contributed by atoms with Crippen LogP contribution in [-0.4, -0.2) is 38.2 Å². The molecule has 0 saturated carbocycles. The number of carbonyl (C=O) groups excluding carboxylic acids is 1. The SMILES string of the molecule is COc1cc(NC(=O)C2CNC(C)CN2)ccc1F. The zero-order valence-corrected chi connectivity index (χ0v) is 11.0. The predicted molar refractivity (Wildman–Crippen MR) is 70.8 cm³/mol. The normalized spacial score (nSPS) is 22.9. The molecule has 3 N–H and O–H groups in total. The van der Waals surface area contributed by atoms with Crippen LogP contribution in [0.3, 0.4) is 0 Å². The van der Waals surface area contributed by atoms with Gasteiger partial charge >= 0.3 is 0 Å². The van der Waals surface area contributed by atoms with Crippen molar-refractivity contribution in [2.45, 2.75) is 19.0 Å². The number of nitrogens with one attached hydrogen (secondary N) is 3. The second-order valence-corrected chi connectivity index (χ2v) is 4.61. The third-order valence-electron chi connectivity index (χ3n) is 3.08. The molecule has 1 fully saturated rings. The van der Waals surface area contributed by atoms with E-state index in [1.165, 1.54) is 25.3 Å². The van der Waals surface area contributed by atoms with Gasteiger partial charge in [-0.05, 0) is 19.1 Å². The molecule has 2 unspecified atom stereocenters. The number of hydrogen-bond acceptors (Lipinski definition) is 4. The zero-order valence-electron chi connectivity index (χ0n) is 11.0. The number of ether oxygens (including phenoxy) is 1. The number of hydrogen-bond donors (Lipinski definition) is 3. The van der Waals surface area contributed by atoms with Gasteiger partial charge in [0.05, 0.1) is 13.2 Å². The molecule has 1 aliphatic rings. The molecule has 1 amide bonds. The van der Waals surface area contributed by atoms with Crippen LogP contribution in [0.15, 0.2) is 18.2 Å². The fourth-order valence-electron chi connectivity index (χ4n) is 1.93. The van der Waals surface area contributed by atoms with Gasteiger partial charge in [-0.15, -0.1) is 0 Å². The highest BCUT2D eigenvalue weighted by Crippen LogP contribution is 2.21. The van der Waals surface area contributed by atoms with E-state index < -0.39 is 5.82 Å². The van der Waals surface area contributed by atoms with Gasteiger partial charge in [0, 0.05) is 30.9 Å². The van der Waals surface area contributed by atoms with Crippen LogP contribution < -0.4 is 20.7 Å². The maximum atomic E-state index is 13.2. The summed E-state index contributed by atoms with van der Waals surface area (Å²) >= 11 is 0. The molecule has 6 heteroatoms. The number of rotatable bonds is 3. The Hall–Kier alpha value is -1.66. The lowest BCUT2D eigenvalue weighted by Gasteiger charge is -2.28. The van der Waals surface area contributed by atoms with Crippen molar-refractivity contribution in [2.24, 2.45) is 0 Å². The van der Waals surface area contributed by atoms with E-state index in [9.17, 15) is 9.18 Å². The summed E-state index contributed by atoms with van der Waals surface area (Å²) in [4.78, 5) is 12.0. The van der Waals surface area contributed by atoms with Crippen LogP contribution in [0.2, 0.25) is 0 Å². The smallest absolute Gasteiger partial charge is 0.242 e. The summed E-state index contributed by atoms with van der Waals surface area (Å²) in [6, 6.07) is 4.31. The van der Waals surface area contributed by atoms with Gasteiger partial charge in [-0.3, -0.25) is 4.79 Å². The summed E-state index contributed by atoms with van der Waals surface area (Å²) in [7, 11) is 1.39. The van der Waals surface area contributed by atoms with Gasteiger partial charge < -0.3 is 20.7 Å². The first-order chi connectivity index (χ1) is 9.10. The first kappa shape index (κ1) is 13.8. The Morgan fingerprint density at radius 1 is 1.42 bits per heavy atom. The maximum Gasteiger partial charge on any atom is 0.242 e. The van der Waals surface area contributed by atoms with E-state index >= 15 is 0 Å². The third kappa shape index (κ3) is 3.42. The highest BCUT2D eigenvalue weighted by Gasteiger charge is 2.23. The lowest BCUT2D eigenvalue weighted by Crippen LogP contribution is -2.57. The predicted octanol–water partition coefficient (Wildman–Crippen LogP) is 0.723. The summed E-state index contributed by atoms with van der Waals surface area (Å²) in [5, 5.41) is 9.11. The van der Waals surface area contributed by atoms with Gasteiger partial charge in [-0.2, -0.15) is 0 Å². The maximum absolute atomic E-state index is 13.2. The van der Waals surface area contributed by atoms with Crippen LogP contribution in [0.5, 0.6) is 5.75 Å². The topological polar surface area (TPSA) is 62.4 Å². The lowest BCUT2D eigenvalue weighted by molar-refractivity contribution is -0.118. The number of carbonyl (C=O) groups is 1. The molecule has 2 atom stereocenters. The monoisotopic (exact) mass is 267 g/mol. The minimum atomic E-state index is -0.452. The Bertz CT molecular complexity index is 459. The minimum absolute atomic E-state index is 0.112. The Balaban J connectivity index is 1.98. The van der Waals surface area contributed by atoms with Crippen molar-refractivity contribution in [3.8, 4) is 5.75 Å². The summed E-state index contributed by atoms with van der Waals surface area (Å²) in [5.41, 5.74) is 0.517. The molecule has 1 heterocycles. The highest BCUT2D eigenvalue weighted by atomic mass is 19.1. The molecule has 19 heavy (non-hydrogen) atoms. The van der Waals surface area contributed by atoms with Crippen LogP contribution in [0.25, 0.3) is 0 Å². The van der Waals surface area contributed by atoms with E-state index in [0.717, 1.165) is 6.54 Å². The van der Waals surface area contributed by atoms with E-state index in [0.29, 0.717) is 18.3 Å². The molecular formula is C13H18FN3O2. The van der Waals surface area contributed by atoms with Gasteiger partial charge in [-0.1, -0.05) is 0 Å². The van der Waals surface area contributed by atoms with Crippen molar-refractivity contribution < 1.29 is 13.9 Å². The van der Waals surface area contributed by atoms with E-state index in [-0.39, 0.29) is 17.7 Å². The zero-order chi connectivity index (χ0) is 13.8. The molecule has 1 saturated heterocycles. The molecule has 0 spiro atoms. The number of methoxy groups -OCH3 is 1. The van der Waals surface area contributed by atoms with Crippen molar-refractivity contribution in [3.63, 3.8) is 0 Å². The quantitative estimate of drug-likeness (QED) is 0.755. The summed E-state index contributed by atoms with van der Waals surface area (Å²) in [6.07, 6.45) is 0. The molecular weight excluding hydrogens is 249 g/mol. The van der Waals surface area contributed by atoms with E-state index in [2.05, 4.69) is 16.0 Å². The number of benzene rings is 1. The number of anilines is 1. The Labute approximate surface area is 111 Å². The summed E-state index contributed by atoms with van der Waals surface area (Å²) in [6.45, 7) is 3.36. The second kappa shape index (κ2) is 5.99. The van der Waals surface area contributed by atoms with Gasteiger partial charge in [0.15, 0.2) is 11.6 Å². The first-order valence-electron chi connectivity index (χ1n) is 6.21. The molecule has 1 aliphatic heterocycles. The average molecular weight is 267 g/mol. The van der Waals surface area contributed by atoms with Crippen molar-refractivity contribution in [1.82, 2.24) is 10.6 Å². The molecule has 0 radical (unpaired) electrons. The number of piperazine rings is 1. The van der Waals surface area contributed by atoms with Crippen LogP contribution >= 0.6 is 0 Å². The first-order valence-corrected chi connectivity index (χ1v) is 6.21. The Morgan fingerprint density at radius 2 is 2.21 bits per heavy atom. The highest BCUT2D eigenvalue weighted by molar-refractivity contribution is 5.95. The molecule has 0 bridgehead atoms. The van der Waals surface area contributed by atoms with Crippen LogP contribution in [-0.2, 0) is 4.79 Å². The molecule has 1 aromatic carbocycles. The van der Waals surface area contributed by atoms with Gasteiger partial charge in [0.2, 0.25) is 5.91 Å². The molecule has 104 valence electrons. The Kier molecular flexibility index (Phi) is 4.34. The summed E-state index contributed by atoms with van der Waals surface area (Å²) < 4.78 is 18.1. The van der Waals surface area contributed by atoms with Crippen molar-refractivity contribution >= 4 is 11.6 Å². The fraction of sp³-hybridized carbons (Fsp3) is 0.462. The molecule has 0 aromatic heterocycles. The third-order valence-corrected chi connectivity index (χ3v) is 3.08. The second-order valence-electron chi connectivity index (χ2n) is 4.61. The van der Waals surface area contributed by atoms with Crippen LogP contribution in [0.1, 0.15) is 6.92 Å². The number of amides is 1. The Morgan fingerprint density at radius 3 is 2.84 bits per heavy atom. The van der Waals surface area contributed by atoms with Crippen molar-refractivity contribution in [3.05, 3.63) is 24.0 Å². The van der Waals surface area contributed by atoms with Gasteiger partial charge in [0.25, 0.3) is 0 Å². The molecule has 2 rings (SSSR count). The van der Waals surface area contributed by atoms with E-state index in [4.69, 9.17) is 4.74 Å². The molecule has 0 aliphatic carbocycles. The van der Waals surface area contributed by atoms with Gasteiger partial charge in [-0.25, -0.2) is 4.39 Å². The molecule has 5 nitrogen and oxygen atoms in total. The molecule has 1 aromatic rings. The lowest BCUT2D eigenvalue weighted by atomic mass is 10.1. The average Bonchev–Trinajstić information content (AvgIpc) is 2.41. The van der Waals surface area contributed by atoms with Crippen LogP contribution in [0, 0.1) is 5.82 Å². The largest absolute Gasteiger partial charge is 0.494 e. The number of halogens is 1. The van der Waals surface area contributed by atoms with Gasteiger partial charge in [0.1, 0.15) is 0 Å².